The molecule has 0 spiro atoms. The first kappa shape index (κ1) is 23.4. The second kappa shape index (κ2) is 16.5. The Morgan fingerprint density at radius 1 is 0.815 bits per heavy atom. The zero-order valence-electron chi connectivity index (χ0n) is 16.7. The Hall–Kier alpha value is -1.63. The van der Waals surface area contributed by atoms with Gasteiger partial charge in [-0.3, -0.25) is 4.79 Å². The summed E-state index contributed by atoms with van der Waals surface area (Å²) in [6, 6.07) is 7.31. The van der Waals surface area contributed by atoms with Gasteiger partial charge in [-0.05, 0) is 31.4 Å². The van der Waals surface area contributed by atoms with Gasteiger partial charge in [0.25, 0.3) is 0 Å². The highest BCUT2D eigenvalue weighted by Crippen LogP contribution is 2.25. The highest BCUT2D eigenvalue weighted by Gasteiger charge is 2.06. The maximum atomic E-state index is 11.9. The van der Waals surface area contributed by atoms with Gasteiger partial charge in [0.1, 0.15) is 6.61 Å². The molecule has 6 nitrogen and oxygen atoms in total. The van der Waals surface area contributed by atoms with Crippen molar-refractivity contribution in [2.24, 2.45) is 0 Å². The number of methoxy groups -OCH3 is 1. The van der Waals surface area contributed by atoms with Crippen LogP contribution in [-0.4, -0.2) is 59.1 Å². The number of Topliss-reactive ketones (excluding diaryl/α,β-unsaturated/α-hetero) is 1. The summed E-state index contributed by atoms with van der Waals surface area (Å²) in [6.07, 6.45) is 4.37. The number of ketones is 1. The van der Waals surface area contributed by atoms with Crippen molar-refractivity contribution in [1.29, 1.82) is 0 Å². The van der Waals surface area contributed by atoms with Crippen LogP contribution in [0.25, 0.3) is 0 Å². The fourth-order valence-corrected chi connectivity index (χ4v) is 2.28. The van der Waals surface area contributed by atoms with Crippen LogP contribution in [0.2, 0.25) is 0 Å². The molecule has 154 valence electrons. The fraction of sp³-hybridized carbons (Fsp3) is 0.667. The molecule has 0 radical (unpaired) electrons. The highest BCUT2D eigenvalue weighted by atomic mass is 16.5. The number of benzene rings is 1. The van der Waals surface area contributed by atoms with E-state index in [0.717, 1.165) is 32.3 Å². The van der Waals surface area contributed by atoms with Gasteiger partial charge in [0.05, 0.1) is 33.5 Å². The van der Waals surface area contributed by atoms with E-state index in [2.05, 4.69) is 6.92 Å². The lowest BCUT2D eigenvalue weighted by Gasteiger charge is -2.09. The van der Waals surface area contributed by atoms with Crippen molar-refractivity contribution in [2.45, 2.75) is 39.0 Å². The third-order valence-electron chi connectivity index (χ3n) is 3.84. The number of unbranched alkanes of at least 4 members (excludes halogenated alkanes) is 2. The largest absolute Gasteiger partial charge is 0.493 e. The van der Waals surface area contributed by atoms with Gasteiger partial charge < -0.3 is 23.7 Å². The van der Waals surface area contributed by atoms with Crippen LogP contribution in [0.5, 0.6) is 11.5 Å². The summed E-state index contributed by atoms with van der Waals surface area (Å²) in [6.45, 7) is 6.03. The van der Waals surface area contributed by atoms with Crippen LogP contribution in [0.15, 0.2) is 24.3 Å². The second-order valence-electron chi connectivity index (χ2n) is 6.13. The predicted molar refractivity (Wildman–Crippen MR) is 105 cm³/mol. The topological polar surface area (TPSA) is 63.2 Å². The van der Waals surface area contributed by atoms with Crippen LogP contribution >= 0.6 is 0 Å². The quantitative estimate of drug-likeness (QED) is 0.361. The van der Waals surface area contributed by atoms with E-state index >= 15 is 0 Å². The van der Waals surface area contributed by atoms with E-state index in [1.165, 1.54) is 0 Å². The predicted octanol–water partition coefficient (Wildman–Crippen LogP) is 3.66. The lowest BCUT2D eigenvalue weighted by atomic mass is 10.2. The molecule has 0 heterocycles. The zero-order valence-corrected chi connectivity index (χ0v) is 16.7. The molecule has 0 N–H and O–H groups in total. The minimum atomic E-state index is 0.0649. The summed E-state index contributed by atoms with van der Waals surface area (Å²) in [7, 11) is 1.58. The maximum Gasteiger partial charge on any atom is 0.170 e. The Morgan fingerprint density at radius 3 is 2.04 bits per heavy atom. The summed E-state index contributed by atoms with van der Waals surface area (Å²) < 4.78 is 27.0. The normalized spacial score (nSPS) is 10.7. The molecule has 0 aliphatic carbocycles. The first-order valence-corrected chi connectivity index (χ1v) is 9.78. The highest BCUT2D eigenvalue weighted by molar-refractivity contribution is 5.79. The molecular weight excluding hydrogens is 348 g/mol. The second-order valence-corrected chi connectivity index (χ2v) is 6.13. The van der Waals surface area contributed by atoms with Gasteiger partial charge in [-0.25, -0.2) is 0 Å². The number of carbonyl (C=O) groups is 1. The Labute approximate surface area is 163 Å². The molecule has 0 aromatic heterocycles. The van der Waals surface area contributed by atoms with E-state index in [0.29, 0.717) is 51.0 Å². The van der Waals surface area contributed by atoms with Crippen LogP contribution in [0.1, 0.15) is 39.0 Å². The fourth-order valence-electron chi connectivity index (χ4n) is 2.28. The van der Waals surface area contributed by atoms with Crippen molar-refractivity contribution >= 4 is 5.78 Å². The molecular formula is C21H34O6. The van der Waals surface area contributed by atoms with Gasteiger partial charge in [0, 0.05) is 19.6 Å². The summed E-state index contributed by atoms with van der Waals surface area (Å²) in [5.41, 5.74) is 0. The molecule has 0 bridgehead atoms. The number of ether oxygens (including phenoxy) is 5. The molecule has 1 rings (SSSR count). The lowest BCUT2D eigenvalue weighted by molar-refractivity contribution is -0.121. The van der Waals surface area contributed by atoms with Crippen molar-refractivity contribution in [1.82, 2.24) is 0 Å². The minimum absolute atomic E-state index is 0.0649. The number of hydrogen-bond donors (Lipinski definition) is 0. The standard InChI is InChI=1S/C21H34O6/c1-3-4-12-24-14-16-26-17-15-25-13-8-7-9-19(22)18-27-21-11-6-5-10-20(21)23-2/h5-6,10-11H,3-4,7-9,12-18H2,1-2H3. The SMILES string of the molecule is CCCCOCCOCCOCCCCC(=O)COc1ccccc1OC. The number of rotatable bonds is 18. The van der Waals surface area contributed by atoms with Gasteiger partial charge in [0.15, 0.2) is 17.3 Å². The molecule has 0 fully saturated rings. The van der Waals surface area contributed by atoms with Crippen molar-refractivity contribution in [3.8, 4) is 11.5 Å². The van der Waals surface area contributed by atoms with Crippen molar-refractivity contribution in [3.05, 3.63) is 24.3 Å². The van der Waals surface area contributed by atoms with Gasteiger partial charge >= 0.3 is 0 Å². The molecule has 0 saturated carbocycles. The Balaban J connectivity index is 1.90. The first-order chi connectivity index (χ1) is 13.3. The summed E-state index contributed by atoms with van der Waals surface area (Å²) in [4.78, 5) is 11.9. The summed E-state index contributed by atoms with van der Waals surface area (Å²) >= 11 is 0. The molecule has 0 saturated heterocycles. The van der Waals surface area contributed by atoms with Crippen molar-refractivity contribution < 1.29 is 28.5 Å². The van der Waals surface area contributed by atoms with Crippen LogP contribution in [0.4, 0.5) is 0 Å². The van der Waals surface area contributed by atoms with E-state index < -0.39 is 0 Å². The molecule has 1 aromatic carbocycles. The number of carbonyl (C=O) groups excluding carboxylic acids is 1. The molecule has 6 heteroatoms. The summed E-state index contributed by atoms with van der Waals surface area (Å²) in [5.74, 6) is 1.30. The van der Waals surface area contributed by atoms with E-state index in [1.54, 1.807) is 19.2 Å². The third kappa shape index (κ3) is 12.4. The molecule has 0 aliphatic rings. The van der Waals surface area contributed by atoms with Gasteiger partial charge in [-0.15, -0.1) is 0 Å². The van der Waals surface area contributed by atoms with Crippen molar-refractivity contribution in [3.63, 3.8) is 0 Å². The van der Waals surface area contributed by atoms with E-state index in [9.17, 15) is 4.79 Å². The Kier molecular flexibility index (Phi) is 14.3. The Bertz CT molecular complexity index is 491. The van der Waals surface area contributed by atoms with Gasteiger partial charge in [0.2, 0.25) is 0 Å². The molecule has 0 aliphatic heterocycles. The van der Waals surface area contributed by atoms with Crippen LogP contribution in [-0.2, 0) is 19.0 Å². The third-order valence-corrected chi connectivity index (χ3v) is 3.84. The van der Waals surface area contributed by atoms with E-state index in [4.69, 9.17) is 23.7 Å². The minimum Gasteiger partial charge on any atom is -0.493 e. The number of hydrogen-bond acceptors (Lipinski definition) is 6. The molecule has 0 unspecified atom stereocenters. The summed E-state index contributed by atoms with van der Waals surface area (Å²) in [5, 5.41) is 0. The Morgan fingerprint density at radius 2 is 1.41 bits per heavy atom. The van der Waals surface area contributed by atoms with E-state index in [1.807, 2.05) is 12.1 Å². The number of para-hydroxylation sites is 2. The van der Waals surface area contributed by atoms with Crippen molar-refractivity contribution in [2.75, 3.05) is 53.4 Å². The zero-order chi connectivity index (χ0) is 19.6. The first-order valence-electron chi connectivity index (χ1n) is 9.78. The molecule has 0 atom stereocenters. The molecule has 27 heavy (non-hydrogen) atoms. The van der Waals surface area contributed by atoms with E-state index in [-0.39, 0.29) is 12.4 Å². The van der Waals surface area contributed by atoms with Crippen LogP contribution in [0.3, 0.4) is 0 Å². The lowest BCUT2D eigenvalue weighted by Crippen LogP contribution is -2.12. The van der Waals surface area contributed by atoms with Crippen LogP contribution < -0.4 is 9.47 Å². The molecule has 0 amide bonds. The molecule has 1 aromatic rings. The average Bonchev–Trinajstić information content (AvgIpc) is 2.70. The van der Waals surface area contributed by atoms with Crippen LogP contribution in [0, 0.1) is 0 Å². The monoisotopic (exact) mass is 382 g/mol. The maximum absolute atomic E-state index is 11.9. The van der Waals surface area contributed by atoms with Gasteiger partial charge in [-0.1, -0.05) is 25.5 Å². The van der Waals surface area contributed by atoms with Gasteiger partial charge in [-0.2, -0.15) is 0 Å². The average molecular weight is 382 g/mol. The smallest absolute Gasteiger partial charge is 0.170 e.